The predicted octanol–water partition coefficient (Wildman–Crippen LogP) is 6.62. The molecule has 0 aromatic rings. The van der Waals surface area contributed by atoms with Crippen LogP contribution < -0.4 is 0 Å². The number of carboxylic acid groups (broad SMARTS) is 3. The Morgan fingerprint density at radius 3 is 1.13 bits per heavy atom. The van der Waals surface area contributed by atoms with Gasteiger partial charge in [0, 0.05) is 18.2 Å². The topological polar surface area (TPSA) is 112 Å². The van der Waals surface area contributed by atoms with E-state index in [0.29, 0.717) is 0 Å². The molecule has 6 heteroatoms. The third kappa shape index (κ3) is 44.8. The van der Waals surface area contributed by atoms with Crippen molar-refractivity contribution in [2.24, 2.45) is 0 Å². The van der Waals surface area contributed by atoms with Crippen molar-refractivity contribution in [3.8, 4) is 0 Å². The van der Waals surface area contributed by atoms with Gasteiger partial charge in [-0.05, 0) is 32.1 Å². The molecule has 0 unspecified atom stereocenters. The van der Waals surface area contributed by atoms with Crippen LogP contribution in [0, 0.1) is 0 Å². The smallest absolute Gasteiger partial charge is 0.327 e. The Kier molecular flexibility index (Phi) is 31.0. The summed E-state index contributed by atoms with van der Waals surface area (Å²) in [6.45, 7) is 6.36. The van der Waals surface area contributed by atoms with E-state index in [9.17, 15) is 14.4 Å². The van der Waals surface area contributed by atoms with Crippen LogP contribution in [0.25, 0.3) is 0 Å². The molecule has 0 aromatic carbocycles. The van der Waals surface area contributed by atoms with Gasteiger partial charge in [0.2, 0.25) is 0 Å². The number of hydrogen-bond donors (Lipinski definition) is 3. The van der Waals surface area contributed by atoms with Crippen LogP contribution in [0.5, 0.6) is 0 Å². The van der Waals surface area contributed by atoms with E-state index in [-0.39, 0.29) is 0 Å². The molecular formula is C24H42O6. The summed E-state index contributed by atoms with van der Waals surface area (Å²) in [5, 5.41) is 24.5. The van der Waals surface area contributed by atoms with Gasteiger partial charge >= 0.3 is 17.9 Å². The van der Waals surface area contributed by atoms with E-state index >= 15 is 0 Å². The number of rotatable bonds is 15. The highest BCUT2D eigenvalue weighted by atomic mass is 16.4. The van der Waals surface area contributed by atoms with Crippen LogP contribution in [0.4, 0.5) is 0 Å². The van der Waals surface area contributed by atoms with Gasteiger partial charge in [0.05, 0.1) is 0 Å². The average molecular weight is 427 g/mol. The summed E-state index contributed by atoms with van der Waals surface area (Å²) in [6, 6.07) is 0. The molecule has 0 radical (unpaired) electrons. The number of carboxylic acids is 3. The average Bonchev–Trinajstić information content (AvgIpc) is 2.68. The lowest BCUT2D eigenvalue weighted by Gasteiger charge is -1.92. The summed E-state index contributed by atoms with van der Waals surface area (Å²) in [5.74, 6) is -2.55. The molecule has 3 N–H and O–H groups in total. The van der Waals surface area contributed by atoms with E-state index in [1.165, 1.54) is 50.3 Å². The van der Waals surface area contributed by atoms with Gasteiger partial charge in [0.15, 0.2) is 0 Å². The SMILES string of the molecule is CCCC/C=C/C(=O)O.CCCCC/C=C/C(=O)O.CCCCCC/C=C/C(=O)O. The predicted molar refractivity (Wildman–Crippen MR) is 123 cm³/mol. The molecule has 30 heavy (non-hydrogen) atoms. The first kappa shape index (κ1) is 32.3. The number of carbonyl (C=O) groups is 3. The number of hydrogen-bond acceptors (Lipinski definition) is 3. The van der Waals surface area contributed by atoms with E-state index in [0.717, 1.165) is 44.9 Å². The Balaban J connectivity index is -0.000000366. The van der Waals surface area contributed by atoms with Crippen molar-refractivity contribution in [3.63, 3.8) is 0 Å². The monoisotopic (exact) mass is 426 g/mol. The molecule has 0 amide bonds. The first-order valence-corrected chi connectivity index (χ1v) is 11.0. The lowest BCUT2D eigenvalue weighted by molar-refractivity contribution is -0.132. The quantitative estimate of drug-likeness (QED) is 0.200. The first-order chi connectivity index (χ1) is 14.3. The van der Waals surface area contributed by atoms with Crippen LogP contribution in [0.1, 0.15) is 97.8 Å². The molecule has 174 valence electrons. The molecular weight excluding hydrogens is 384 g/mol. The van der Waals surface area contributed by atoms with Crippen molar-refractivity contribution >= 4 is 17.9 Å². The highest BCUT2D eigenvalue weighted by Gasteiger charge is 1.87. The summed E-state index contributed by atoms with van der Waals surface area (Å²) in [6.07, 6.45) is 21.8. The zero-order valence-electron chi connectivity index (χ0n) is 19.0. The van der Waals surface area contributed by atoms with Gasteiger partial charge in [-0.15, -0.1) is 0 Å². The molecule has 0 fully saturated rings. The first-order valence-electron chi connectivity index (χ1n) is 11.0. The Bertz CT molecular complexity index is 492. The summed E-state index contributed by atoms with van der Waals surface area (Å²) in [7, 11) is 0. The molecule has 0 aliphatic rings. The van der Waals surface area contributed by atoms with Gasteiger partial charge in [-0.2, -0.15) is 0 Å². The minimum Gasteiger partial charge on any atom is -0.478 e. The minimum absolute atomic E-state index is 0.847. The number of allylic oxidation sites excluding steroid dienone is 3. The van der Waals surface area contributed by atoms with Crippen LogP contribution in [-0.4, -0.2) is 33.2 Å². The third-order valence-corrected chi connectivity index (χ3v) is 3.70. The van der Waals surface area contributed by atoms with Crippen LogP contribution >= 0.6 is 0 Å². The molecule has 0 bridgehead atoms. The fourth-order valence-corrected chi connectivity index (χ4v) is 2.08. The summed E-state index contributed by atoms with van der Waals surface area (Å²) in [4.78, 5) is 29.8. The van der Waals surface area contributed by atoms with E-state index in [2.05, 4.69) is 20.8 Å². The number of unbranched alkanes of at least 4 members (excludes halogenated alkanes) is 9. The van der Waals surface area contributed by atoms with Gasteiger partial charge in [-0.3, -0.25) is 0 Å². The lowest BCUT2D eigenvalue weighted by Crippen LogP contribution is -1.85. The van der Waals surface area contributed by atoms with Crippen molar-refractivity contribution in [1.29, 1.82) is 0 Å². The minimum atomic E-state index is -0.855. The summed E-state index contributed by atoms with van der Waals surface area (Å²) in [5.41, 5.74) is 0. The molecule has 0 heterocycles. The Morgan fingerprint density at radius 1 is 0.500 bits per heavy atom. The van der Waals surface area contributed by atoms with Gasteiger partial charge in [0.25, 0.3) is 0 Å². The normalized spacial score (nSPS) is 10.5. The van der Waals surface area contributed by atoms with E-state index in [4.69, 9.17) is 15.3 Å². The van der Waals surface area contributed by atoms with Gasteiger partial charge < -0.3 is 15.3 Å². The summed E-state index contributed by atoms with van der Waals surface area (Å²) < 4.78 is 0. The highest BCUT2D eigenvalue weighted by molar-refractivity contribution is 5.80. The second-order valence-corrected chi connectivity index (χ2v) is 6.71. The Labute approximate surface area is 182 Å². The molecule has 0 saturated carbocycles. The fraction of sp³-hybridized carbons (Fsp3) is 0.625. The Morgan fingerprint density at radius 2 is 0.800 bits per heavy atom. The van der Waals surface area contributed by atoms with Gasteiger partial charge in [-0.1, -0.05) is 83.9 Å². The zero-order chi connectivity index (χ0) is 23.5. The molecule has 6 nitrogen and oxygen atoms in total. The van der Waals surface area contributed by atoms with E-state index in [1.807, 2.05) is 0 Å². The lowest BCUT2D eigenvalue weighted by atomic mass is 10.1. The van der Waals surface area contributed by atoms with Crippen LogP contribution in [0.3, 0.4) is 0 Å². The van der Waals surface area contributed by atoms with Crippen LogP contribution in [-0.2, 0) is 14.4 Å². The fourth-order valence-electron chi connectivity index (χ4n) is 2.08. The standard InChI is InChI=1S/C9H16O2.C8H14O2.C7H12O2/c1-2-3-4-5-6-7-8-9(10)11;1-2-3-4-5-6-7-8(9)10;1-2-3-4-5-6-7(8)9/h7-8H,2-6H2,1H3,(H,10,11);6-7H,2-5H2,1H3,(H,9,10);5-6H,2-4H2,1H3,(H,8,9)/b8-7+;7-6+;6-5+. The third-order valence-electron chi connectivity index (χ3n) is 3.70. The van der Waals surface area contributed by atoms with Crippen molar-refractivity contribution in [2.75, 3.05) is 0 Å². The van der Waals surface area contributed by atoms with E-state index < -0.39 is 17.9 Å². The largest absolute Gasteiger partial charge is 0.478 e. The molecule has 0 aliphatic heterocycles. The molecule has 0 rings (SSSR count). The van der Waals surface area contributed by atoms with Gasteiger partial charge in [0.1, 0.15) is 0 Å². The Hall–Kier alpha value is -2.37. The maximum atomic E-state index is 10.0. The molecule has 0 spiro atoms. The second kappa shape index (κ2) is 28.8. The van der Waals surface area contributed by atoms with Crippen molar-refractivity contribution in [1.82, 2.24) is 0 Å². The molecule has 0 saturated heterocycles. The van der Waals surface area contributed by atoms with Crippen molar-refractivity contribution in [3.05, 3.63) is 36.5 Å². The summed E-state index contributed by atoms with van der Waals surface area (Å²) >= 11 is 0. The van der Waals surface area contributed by atoms with E-state index in [1.54, 1.807) is 18.2 Å². The molecule has 0 aromatic heterocycles. The van der Waals surface area contributed by atoms with Gasteiger partial charge in [-0.25, -0.2) is 14.4 Å². The van der Waals surface area contributed by atoms with Crippen LogP contribution in [0.15, 0.2) is 36.5 Å². The highest BCUT2D eigenvalue weighted by Crippen LogP contribution is 2.02. The maximum Gasteiger partial charge on any atom is 0.327 e. The van der Waals surface area contributed by atoms with Crippen LogP contribution in [0.2, 0.25) is 0 Å². The zero-order valence-corrected chi connectivity index (χ0v) is 19.0. The molecule has 0 aliphatic carbocycles. The maximum absolute atomic E-state index is 10.0. The molecule has 0 atom stereocenters. The van der Waals surface area contributed by atoms with Crippen molar-refractivity contribution < 1.29 is 29.7 Å². The number of aliphatic carboxylic acids is 3. The second-order valence-electron chi connectivity index (χ2n) is 6.71. The van der Waals surface area contributed by atoms with Crippen molar-refractivity contribution in [2.45, 2.75) is 97.8 Å².